The Kier molecular flexibility index (Phi) is 8.34. The van der Waals surface area contributed by atoms with Gasteiger partial charge in [0.1, 0.15) is 0 Å². The molecule has 0 spiro atoms. The van der Waals surface area contributed by atoms with Crippen LogP contribution in [0.5, 0.6) is 0 Å². The Bertz CT molecular complexity index is 1440. The lowest BCUT2D eigenvalue weighted by Gasteiger charge is -2.23. The molecule has 0 aromatic heterocycles. The first-order valence-corrected chi connectivity index (χ1v) is 13.9. The molecule has 0 bridgehead atoms. The Hall–Kier alpha value is -2.76. The number of nitrogens with one attached hydrogen (secondary N) is 2. The van der Waals surface area contributed by atoms with Crippen LogP contribution in [0.4, 0.5) is 5.69 Å². The number of hydrogen-bond donors (Lipinski definition) is 2. The van der Waals surface area contributed by atoms with E-state index in [0.29, 0.717) is 10.6 Å². The van der Waals surface area contributed by atoms with E-state index in [9.17, 15) is 21.6 Å². The van der Waals surface area contributed by atoms with E-state index in [1.165, 1.54) is 43.4 Å². The highest BCUT2D eigenvalue weighted by Crippen LogP contribution is 2.23. The average Bonchev–Trinajstić information content (AvgIpc) is 2.81. The molecule has 1 amide bonds. The minimum atomic E-state index is -4.06. The Balaban J connectivity index is 1.93. The number of aryl methyl sites for hydroxylation is 2. The zero-order valence-electron chi connectivity index (χ0n) is 19.4. The molecule has 0 saturated heterocycles. The summed E-state index contributed by atoms with van der Waals surface area (Å²) in [5.74, 6) is -0.613. The van der Waals surface area contributed by atoms with Gasteiger partial charge in [0.2, 0.25) is 26.0 Å². The minimum absolute atomic E-state index is 0.00146. The van der Waals surface area contributed by atoms with Crippen LogP contribution in [-0.2, 0) is 31.4 Å². The van der Waals surface area contributed by atoms with Crippen LogP contribution >= 0.6 is 11.6 Å². The standard InChI is InChI=1S/C24H26ClN3O5S2/c1-17-6-4-5-7-19(17)15-28(35(32,33)21-12-9-20(25)10-13-21)16-24(29)27-23-14-22(11-8-18(23)2)34(30,31)26-3/h4-14,26H,15-16H2,1-3H3,(H,27,29). The van der Waals surface area contributed by atoms with Crippen LogP contribution < -0.4 is 10.0 Å². The van der Waals surface area contributed by atoms with Gasteiger partial charge in [-0.3, -0.25) is 4.79 Å². The number of amides is 1. The van der Waals surface area contributed by atoms with Gasteiger partial charge < -0.3 is 5.32 Å². The second kappa shape index (κ2) is 10.9. The summed E-state index contributed by atoms with van der Waals surface area (Å²) in [6, 6.07) is 17.3. The molecule has 35 heavy (non-hydrogen) atoms. The van der Waals surface area contributed by atoms with E-state index in [4.69, 9.17) is 11.6 Å². The SMILES string of the molecule is CNS(=O)(=O)c1ccc(C)c(NC(=O)CN(Cc2ccccc2C)S(=O)(=O)c2ccc(Cl)cc2)c1. The van der Waals surface area contributed by atoms with Gasteiger partial charge in [-0.15, -0.1) is 0 Å². The number of rotatable bonds is 9. The number of benzene rings is 3. The van der Waals surface area contributed by atoms with Crippen molar-refractivity contribution in [2.24, 2.45) is 0 Å². The molecule has 2 N–H and O–H groups in total. The molecule has 0 aliphatic carbocycles. The summed E-state index contributed by atoms with van der Waals surface area (Å²) in [6.07, 6.45) is 0. The predicted octanol–water partition coefficient (Wildman–Crippen LogP) is 3.69. The number of carbonyl (C=O) groups is 1. The van der Waals surface area contributed by atoms with Crippen molar-refractivity contribution in [2.75, 3.05) is 18.9 Å². The van der Waals surface area contributed by atoms with E-state index in [1.54, 1.807) is 25.1 Å². The highest BCUT2D eigenvalue weighted by Gasteiger charge is 2.28. The summed E-state index contributed by atoms with van der Waals surface area (Å²) in [7, 11) is -6.49. The molecule has 11 heteroatoms. The van der Waals surface area contributed by atoms with Gasteiger partial charge in [0.25, 0.3) is 0 Å². The van der Waals surface area contributed by atoms with Crippen LogP contribution in [-0.4, -0.2) is 40.6 Å². The number of halogens is 1. The molecule has 0 aliphatic rings. The molecule has 0 fully saturated rings. The molecule has 0 heterocycles. The smallest absolute Gasteiger partial charge is 0.243 e. The summed E-state index contributed by atoms with van der Waals surface area (Å²) in [5.41, 5.74) is 2.52. The molecule has 3 aromatic rings. The highest BCUT2D eigenvalue weighted by molar-refractivity contribution is 7.89. The molecular formula is C24H26ClN3O5S2. The average molecular weight is 536 g/mol. The zero-order chi connectivity index (χ0) is 25.8. The first kappa shape index (κ1) is 26.8. The summed E-state index contributed by atoms with van der Waals surface area (Å²) < 4.78 is 54.5. The summed E-state index contributed by atoms with van der Waals surface area (Å²) in [5, 5.41) is 3.04. The van der Waals surface area contributed by atoms with Gasteiger partial charge in [0.05, 0.1) is 16.3 Å². The number of anilines is 1. The van der Waals surface area contributed by atoms with Crippen LogP contribution in [0.15, 0.2) is 76.5 Å². The van der Waals surface area contributed by atoms with Gasteiger partial charge in [-0.1, -0.05) is 41.9 Å². The fraction of sp³-hybridized carbons (Fsp3) is 0.208. The Morgan fingerprint density at radius 1 is 0.886 bits per heavy atom. The fourth-order valence-electron chi connectivity index (χ4n) is 3.33. The molecule has 0 aliphatic heterocycles. The van der Waals surface area contributed by atoms with E-state index in [1.807, 2.05) is 19.1 Å². The topological polar surface area (TPSA) is 113 Å². The molecule has 186 valence electrons. The second-order valence-electron chi connectivity index (χ2n) is 7.89. The molecule has 0 unspecified atom stereocenters. The first-order valence-electron chi connectivity index (χ1n) is 10.6. The Morgan fingerprint density at radius 2 is 1.51 bits per heavy atom. The van der Waals surface area contributed by atoms with Gasteiger partial charge in [-0.2, -0.15) is 4.31 Å². The second-order valence-corrected chi connectivity index (χ2v) is 12.1. The third kappa shape index (κ3) is 6.47. The summed E-state index contributed by atoms with van der Waals surface area (Å²) >= 11 is 5.92. The van der Waals surface area contributed by atoms with Gasteiger partial charge in [0, 0.05) is 17.3 Å². The number of nitrogens with zero attached hydrogens (tertiary/aromatic N) is 1. The van der Waals surface area contributed by atoms with Crippen LogP contribution in [0, 0.1) is 13.8 Å². The van der Waals surface area contributed by atoms with E-state index in [-0.39, 0.29) is 22.0 Å². The monoisotopic (exact) mass is 535 g/mol. The van der Waals surface area contributed by atoms with E-state index in [0.717, 1.165) is 15.4 Å². The van der Waals surface area contributed by atoms with Crippen molar-refractivity contribution in [1.82, 2.24) is 9.03 Å². The van der Waals surface area contributed by atoms with Crippen molar-refractivity contribution >= 4 is 43.2 Å². The first-order chi connectivity index (χ1) is 16.4. The normalized spacial score (nSPS) is 12.0. The van der Waals surface area contributed by atoms with Crippen molar-refractivity contribution < 1.29 is 21.6 Å². The lowest BCUT2D eigenvalue weighted by atomic mass is 10.1. The summed E-state index contributed by atoms with van der Waals surface area (Å²) in [6.45, 7) is 3.06. The summed E-state index contributed by atoms with van der Waals surface area (Å²) in [4.78, 5) is 13.0. The number of carbonyl (C=O) groups excluding carboxylic acids is 1. The van der Waals surface area contributed by atoms with Crippen molar-refractivity contribution in [2.45, 2.75) is 30.2 Å². The van der Waals surface area contributed by atoms with Crippen LogP contribution in [0.3, 0.4) is 0 Å². The number of hydrogen-bond acceptors (Lipinski definition) is 5. The van der Waals surface area contributed by atoms with Gasteiger partial charge in [-0.05, 0) is 74.0 Å². The molecule has 3 rings (SSSR count). The van der Waals surface area contributed by atoms with Crippen molar-refractivity contribution in [3.8, 4) is 0 Å². The van der Waals surface area contributed by atoms with Crippen molar-refractivity contribution in [1.29, 1.82) is 0 Å². The van der Waals surface area contributed by atoms with E-state index >= 15 is 0 Å². The van der Waals surface area contributed by atoms with Crippen LogP contribution in [0.1, 0.15) is 16.7 Å². The molecule has 8 nitrogen and oxygen atoms in total. The lowest BCUT2D eigenvalue weighted by molar-refractivity contribution is -0.116. The minimum Gasteiger partial charge on any atom is -0.325 e. The third-order valence-corrected chi connectivity index (χ3v) is 8.91. The maximum absolute atomic E-state index is 13.5. The molecule has 0 radical (unpaired) electrons. The van der Waals surface area contributed by atoms with Gasteiger partial charge in [0.15, 0.2) is 0 Å². The lowest BCUT2D eigenvalue weighted by Crippen LogP contribution is -2.37. The van der Waals surface area contributed by atoms with Crippen molar-refractivity contribution in [3.05, 3.63) is 88.4 Å². The van der Waals surface area contributed by atoms with Crippen LogP contribution in [0.25, 0.3) is 0 Å². The largest absolute Gasteiger partial charge is 0.325 e. The van der Waals surface area contributed by atoms with Gasteiger partial charge >= 0.3 is 0 Å². The Labute approximate surface area is 211 Å². The maximum Gasteiger partial charge on any atom is 0.243 e. The maximum atomic E-state index is 13.5. The third-order valence-electron chi connectivity index (χ3n) is 5.44. The van der Waals surface area contributed by atoms with Crippen molar-refractivity contribution in [3.63, 3.8) is 0 Å². The van der Waals surface area contributed by atoms with Gasteiger partial charge in [-0.25, -0.2) is 21.6 Å². The molecule has 0 atom stereocenters. The molecular weight excluding hydrogens is 510 g/mol. The fourth-order valence-corrected chi connectivity index (χ4v) is 5.59. The molecule has 3 aromatic carbocycles. The Morgan fingerprint density at radius 3 is 2.14 bits per heavy atom. The quantitative estimate of drug-likeness (QED) is 0.434. The van der Waals surface area contributed by atoms with Crippen LogP contribution in [0.2, 0.25) is 5.02 Å². The van der Waals surface area contributed by atoms with E-state index in [2.05, 4.69) is 10.0 Å². The zero-order valence-corrected chi connectivity index (χ0v) is 21.8. The predicted molar refractivity (Wildman–Crippen MR) is 136 cm³/mol. The molecule has 0 saturated carbocycles. The van der Waals surface area contributed by atoms with E-state index < -0.39 is 32.5 Å². The highest BCUT2D eigenvalue weighted by atomic mass is 35.5. The number of sulfonamides is 2.